The highest BCUT2D eigenvalue weighted by Gasteiger charge is 2.36. The van der Waals surface area contributed by atoms with Gasteiger partial charge in [-0.2, -0.15) is 0 Å². The summed E-state index contributed by atoms with van der Waals surface area (Å²) >= 11 is 0. The van der Waals surface area contributed by atoms with Crippen LogP contribution in [0.5, 0.6) is 5.75 Å². The SMILES string of the molecule is COCCN1C[C@H](Cc2ccccc2)n2cc(-c3nnn[nH]3)c(=O)c(OCc3ccccc3)c2C1=O. The predicted molar refractivity (Wildman–Crippen MR) is 132 cm³/mol. The molecule has 0 saturated carbocycles. The molecule has 0 unspecified atom stereocenters. The van der Waals surface area contributed by atoms with Crippen LogP contribution in [0.1, 0.15) is 27.7 Å². The molecule has 0 fully saturated rings. The summed E-state index contributed by atoms with van der Waals surface area (Å²) in [7, 11) is 1.60. The van der Waals surface area contributed by atoms with Crippen LogP contribution < -0.4 is 10.2 Å². The number of amides is 1. The molecule has 1 N–H and O–H groups in total. The summed E-state index contributed by atoms with van der Waals surface area (Å²) in [6.07, 6.45) is 2.31. The molecule has 184 valence electrons. The van der Waals surface area contributed by atoms with Crippen LogP contribution >= 0.6 is 0 Å². The van der Waals surface area contributed by atoms with E-state index in [0.29, 0.717) is 26.1 Å². The number of nitrogens with one attached hydrogen (secondary N) is 1. The molecule has 0 spiro atoms. The number of methoxy groups -OCH3 is 1. The van der Waals surface area contributed by atoms with Gasteiger partial charge in [0.25, 0.3) is 5.91 Å². The smallest absolute Gasteiger partial charge is 0.274 e. The van der Waals surface area contributed by atoms with E-state index in [2.05, 4.69) is 20.6 Å². The average molecular weight is 487 g/mol. The number of aromatic amines is 1. The lowest BCUT2D eigenvalue weighted by atomic mass is 10.0. The second-order valence-corrected chi connectivity index (χ2v) is 8.57. The average Bonchev–Trinajstić information content (AvgIpc) is 3.45. The zero-order valence-electron chi connectivity index (χ0n) is 19.8. The topological polar surface area (TPSA) is 115 Å². The maximum atomic E-state index is 13.7. The lowest BCUT2D eigenvalue weighted by molar-refractivity contribution is 0.0589. The van der Waals surface area contributed by atoms with Gasteiger partial charge in [0.1, 0.15) is 6.61 Å². The summed E-state index contributed by atoms with van der Waals surface area (Å²) in [4.78, 5) is 29.0. The highest BCUT2D eigenvalue weighted by molar-refractivity contribution is 5.96. The molecule has 0 aliphatic carbocycles. The molecule has 3 heterocycles. The molecule has 1 aliphatic rings. The summed E-state index contributed by atoms with van der Waals surface area (Å²) in [6, 6.07) is 19.4. The van der Waals surface area contributed by atoms with Crippen LogP contribution in [-0.4, -0.2) is 62.8 Å². The molecule has 0 bridgehead atoms. The van der Waals surface area contributed by atoms with Crippen molar-refractivity contribution < 1.29 is 14.3 Å². The molecular weight excluding hydrogens is 460 g/mol. The first kappa shape index (κ1) is 23.4. The van der Waals surface area contributed by atoms with Crippen molar-refractivity contribution in [3.05, 3.63) is 93.9 Å². The molecule has 2 aromatic carbocycles. The highest BCUT2D eigenvalue weighted by Crippen LogP contribution is 2.31. The van der Waals surface area contributed by atoms with Crippen molar-refractivity contribution in [2.45, 2.75) is 19.1 Å². The molecule has 0 radical (unpaired) electrons. The van der Waals surface area contributed by atoms with E-state index in [9.17, 15) is 9.59 Å². The van der Waals surface area contributed by atoms with E-state index in [1.165, 1.54) is 0 Å². The third-order valence-corrected chi connectivity index (χ3v) is 6.21. The fourth-order valence-electron chi connectivity index (χ4n) is 4.43. The van der Waals surface area contributed by atoms with E-state index in [-0.39, 0.29) is 41.4 Å². The minimum absolute atomic E-state index is 0.0158. The van der Waals surface area contributed by atoms with Gasteiger partial charge in [-0.25, -0.2) is 5.10 Å². The molecule has 10 nitrogen and oxygen atoms in total. The molecule has 10 heteroatoms. The molecule has 1 amide bonds. The third-order valence-electron chi connectivity index (χ3n) is 6.21. The largest absolute Gasteiger partial charge is 0.483 e. The summed E-state index contributed by atoms with van der Waals surface area (Å²) < 4.78 is 13.2. The van der Waals surface area contributed by atoms with Crippen LogP contribution in [0.2, 0.25) is 0 Å². The molecule has 36 heavy (non-hydrogen) atoms. The number of carbonyl (C=O) groups excluding carboxylic acids is 1. The van der Waals surface area contributed by atoms with Gasteiger partial charge in [-0.3, -0.25) is 9.59 Å². The van der Waals surface area contributed by atoms with Crippen LogP contribution in [0, 0.1) is 0 Å². The van der Waals surface area contributed by atoms with Gasteiger partial charge in [0.05, 0.1) is 18.2 Å². The van der Waals surface area contributed by atoms with E-state index < -0.39 is 5.43 Å². The molecule has 1 aliphatic heterocycles. The minimum Gasteiger partial charge on any atom is -0.483 e. The summed E-state index contributed by atoms with van der Waals surface area (Å²) in [5, 5.41) is 13.9. The first-order valence-electron chi connectivity index (χ1n) is 11.7. The lowest BCUT2D eigenvalue weighted by Gasteiger charge is -2.37. The summed E-state index contributed by atoms with van der Waals surface area (Å²) in [5.74, 6) is -0.0794. The molecule has 2 aromatic heterocycles. The zero-order valence-corrected chi connectivity index (χ0v) is 19.8. The van der Waals surface area contributed by atoms with Crippen LogP contribution in [0.15, 0.2) is 71.7 Å². The number of aromatic nitrogens is 5. The van der Waals surface area contributed by atoms with Crippen molar-refractivity contribution >= 4 is 5.91 Å². The number of rotatable bonds is 9. The second kappa shape index (κ2) is 10.5. The second-order valence-electron chi connectivity index (χ2n) is 8.57. The van der Waals surface area contributed by atoms with E-state index in [0.717, 1.165) is 11.1 Å². The van der Waals surface area contributed by atoms with Gasteiger partial charge in [0.2, 0.25) is 5.43 Å². The molecular formula is C26H26N6O4. The molecule has 1 atom stereocenters. The number of hydrogen-bond donors (Lipinski definition) is 1. The first-order valence-corrected chi connectivity index (χ1v) is 11.7. The van der Waals surface area contributed by atoms with Crippen molar-refractivity contribution in [2.24, 2.45) is 0 Å². The van der Waals surface area contributed by atoms with E-state index >= 15 is 0 Å². The number of ether oxygens (including phenoxy) is 2. The Bertz CT molecular complexity index is 1370. The monoisotopic (exact) mass is 486 g/mol. The van der Waals surface area contributed by atoms with Crippen LogP contribution in [0.25, 0.3) is 11.4 Å². The molecule has 5 rings (SSSR count). The predicted octanol–water partition coefficient (Wildman–Crippen LogP) is 2.49. The van der Waals surface area contributed by atoms with E-state index in [1.54, 1.807) is 18.2 Å². The van der Waals surface area contributed by atoms with Crippen molar-refractivity contribution in [1.29, 1.82) is 0 Å². The normalized spacial score (nSPS) is 15.1. The van der Waals surface area contributed by atoms with Gasteiger partial charge in [-0.15, -0.1) is 5.10 Å². The van der Waals surface area contributed by atoms with Gasteiger partial charge in [0, 0.05) is 26.4 Å². The summed E-state index contributed by atoms with van der Waals surface area (Å²) in [5.41, 5.74) is 2.00. The Balaban J connectivity index is 1.64. The van der Waals surface area contributed by atoms with Crippen molar-refractivity contribution in [2.75, 3.05) is 26.8 Å². The lowest BCUT2D eigenvalue weighted by Crippen LogP contribution is -2.46. The van der Waals surface area contributed by atoms with Gasteiger partial charge in [0.15, 0.2) is 17.3 Å². The number of tetrazole rings is 1. The highest BCUT2D eigenvalue weighted by atomic mass is 16.5. The number of pyridine rings is 1. The number of fused-ring (bicyclic) bond motifs is 1. The number of H-pyrrole nitrogens is 1. The number of carbonyl (C=O) groups is 1. The first-order chi connectivity index (χ1) is 17.7. The Morgan fingerprint density at radius 3 is 2.42 bits per heavy atom. The Hall–Kier alpha value is -4.31. The zero-order chi connectivity index (χ0) is 24.9. The van der Waals surface area contributed by atoms with E-state index in [1.807, 2.05) is 65.2 Å². The van der Waals surface area contributed by atoms with E-state index in [4.69, 9.17) is 9.47 Å². The third kappa shape index (κ3) is 4.76. The maximum absolute atomic E-state index is 13.7. The molecule has 0 saturated heterocycles. The fourth-order valence-corrected chi connectivity index (χ4v) is 4.43. The van der Waals surface area contributed by atoms with Crippen molar-refractivity contribution in [1.82, 2.24) is 30.1 Å². The maximum Gasteiger partial charge on any atom is 0.274 e. The Labute approximate surface area is 207 Å². The number of hydrogen-bond acceptors (Lipinski definition) is 7. The number of nitrogens with zero attached hydrogens (tertiary/aromatic N) is 5. The standard InChI is InChI=1S/C26H26N6O4/c1-35-13-12-31-15-20(14-18-8-4-2-5-9-18)32-16-21(25-27-29-30-28-25)23(33)24(22(32)26(31)34)36-17-19-10-6-3-7-11-19/h2-11,16,20H,12-15,17H2,1H3,(H,27,28,29,30)/t20-/m0/s1. The number of benzene rings is 2. The molecule has 4 aromatic rings. The van der Waals surface area contributed by atoms with Crippen LogP contribution in [-0.2, 0) is 17.8 Å². The van der Waals surface area contributed by atoms with Crippen molar-refractivity contribution in [3.63, 3.8) is 0 Å². The Kier molecular flexibility index (Phi) is 6.85. The Morgan fingerprint density at radius 2 is 1.75 bits per heavy atom. The van der Waals surface area contributed by atoms with Gasteiger partial charge >= 0.3 is 0 Å². The van der Waals surface area contributed by atoms with Crippen molar-refractivity contribution in [3.8, 4) is 17.1 Å². The quantitative estimate of drug-likeness (QED) is 0.386. The summed E-state index contributed by atoms with van der Waals surface area (Å²) in [6.45, 7) is 1.38. The Morgan fingerprint density at radius 1 is 1.03 bits per heavy atom. The fraction of sp³-hybridized carbons (Fsp3) is 0.269. The van der Waals surface area contributed by atoms with Gasteiger partial charge in [-0.1, -0.05) is 60.7 Å². The van der Waals surface area contributed by atoms with Crippen LogP contribution in [0.4, 0.5) is 0 Å². The van der Waals surface area contributed by atoms with Gasteiger partial charge < -0.3 is 18.9 Å². The van der Waals surface area contributed by atoms with Gasteiger partial charge in [-0.05, 0) is 28.0 Å². The van der Waals surface area contributed by atoms with Crippen LogP contribution in [0.3, 0.4) is 0 Å². The minimum atomic E-state index is -0.448.